The highest BCUT2D eigenvalue weighted by Gasteiger charge is 2.45. The van der Waals surface area contributed by atoms with Crippen molar-refractivity contribution >= 4 is 11.8 Å². The quantitative estimate of drug-likeness (QED) is 0.774. The van der Waals surface area contributed by atoms with Gasteiger partial charge in [0.25, 0.3) is 5.91 Å². The van der Waals surface area contributed by atoms with Crippen molar-refractivity contribution in [2.24, 2.45) is 18.9 Å². The van der Waals surface area contributed by atoms with Crippen LogP contribution in [0.4, 0.5) is 0 Å². The molecule has 3 saturated heterocycles. The fourth-order valence-corrected chi connectivity index (χ4v) is 4.52. The molecule has 3 aliphatic rings. The molecule has 1 aromatic rings. The summed E-state index contributed by atoms with van der Waals surface area (Å²) >= 11 is 0. The molecule has 2 amide bonds. The third-order valence-electron chi connectivity index (χ3n) is 5.51. The molecule has 4 rings (SSSR count). The lowest BCUT2D eigenvalue weighted by atomic mass is 9.76. The van der Waals surface area contributed by atoms with Crippen LogP contribution < -0.4 is 0 Å². The van der Waals surface area contributed by atoms with Crippen LogP contribution in [0.1, 0.15) is 36.2 Å². The van der Waals surface area contributed by atoms with Crippen molar-refractivity contribution in [2.45, 2.75) is 31.7 Å². The number of rotatable bonds is 1. The van der Waals surface area contributed by atoms with Crippen LogP contribution in [0.15, 0.2) is 12.3 Å². The molecule has 0 radical (unpaired) electrons. The maximum absolute atomic E-state index is 12.7. The number of carbonyl (C=O) groups excluding carboxylic acids is 2. The van der Waals surface area contributed by atoms with Gasteiger partial charge in [-0.25, -0.2) is 0 Å². The van der Waals surface area contributed by atoms with Crippen LogP contribution in [0.25, 0.3) is 0 Å². The van der Waals surface area contributed by atoms with Crippen LogP contribution in [0.2, 0.25) is 0 Å². The minimum Gasteiger partial charge on any atom is -0.339 e. The van der Waals surface area contributed by atoms with Crippen LogP contribution >= 0.6 is 0 Å². The molecule has 3 fully saturated rings. The average molecular weight is 302 g/mol. The van der Waals surface area contributed by atoms with Crippen molar-refractivity contribution in [3.8, 4) is 0 Å². The predicted octanol–water partition coefficient (Wildman–Crippen LogP) is 0.893. The Kier molecular flexibility index (Phi) is 3.20. The molecule has 0 aliphatic carbocycles. The number of hydrogen-bond donors (Lipinski definition) is 0. The highest BCUT2D eigenvalue weighted by Crippen LogP contribution is 2.38. The van der Waals surface area contributed by atoms with E-state index in [4.69, 9.17) is 0 Å². The van der Waals surface area contributed by atoms with Crippen molar-refractivity contribution in [3.63, 3.8) is 0 Å². The third-order valence-corrected chi connectivity index (χ3v) is 5.51. The molecule has 0 aromatic carbocycles. The Bertz CT molecular complexity index is 611. The van der Waals surface area contributed by atoms with Gasteiger partial charge < -0.3 is 9.80 Å². The third kappa shape index (κ3) is 2.12. The van der Waals surface area contributed by atoms with Crippen LogP contribution in [0.5, 0.6) is 0 Å². The van der Waals surface area contributed by atoms with E-state index in [2.05, 4.69) is 10.00 Å². The minimum absolute atomic E-state index is 0.0743. The highest BCUT2D eigenvalue weighted by molar-refractivity contribution is 5.92. The lowest BCUT2D eigenvalue weighted by Gasteiger charge is -2.52. The van der Waals surface area contributed by atoms with E-state index in [1.165, 1.54) is 0 Å². The Morgan fingerprint density at radius 3 is 2.95 bits per heavy atom. The molecule has 4 heterocycles. The summed E-state index contributed by atoms with van der Waals surface area (Å²) in [5.41, 5.74) is 0.650. The normalized spacial score (nSPS) is 31.1. The fourth-order valence-electron chi connectivity index (χ4n) is 4.52. The maximum atomic E-state index is 12.7. The number of carbonyl (C=O) groups is 2. The van der Waals surface area contributed by atoms with E-state index >= 15 is 0 Å². The van der Waals surface area contributed by atoms with E-state index in [0.29, 0.717) is 35.9 Å². The lowest BCUT2D eigenvalue weighted by molar-refractivity contribution is -0.144. The zero-order chi connectivity index (χ0) is 15.3. The van der Waals surface area contributed by atoms with Gasteiger partial charge in [0.2, 0.25) is 5.91 Å². The van der Waals surface area contributed by atoms with Gasteiger partial charge in [-0.3, -0.25) is 14.3 Å². The minimum atomic E-state index is 0.0743. The molecule has 0 spiro atoms. The van der Waals surface area contributed by atoms with Gasteiger partial charge in [0, 0.05) is 45.3 Å². The van der Waals surface area contributed by atoms with E-state index in [1.54, 1.807) is 24.0 Å². The molecular weight excluding hydrogens is 280 g/mol. The van der Waals surface area contributed by atoms with Gasteiger partial charge in [-0.05, 0) is 37.2 Å². The summed E-state index contributed by atoms with van der Waals surface area (Å²) in [6, 6.07) is 2.13. The van der Waals surface area contributed by atoms with E-state index in [1.807, 2.05) is 4.90 Å². The molecule has 1 aromatic heterocycles. The SMILES string of the molecule is Cn1nccc1C(=O)N1CC2CC(C1)[C@H]1CCCC(=O)N1C2. The summed E-state index contributed by atoms with van der Waals surface area (Å²) in [5.74, 6) is 1.26. The molecule has 6 nitrogen and oxygen atoms in total. The van der Waals surface area contributed by atoms with Gasteiger partial charge in [-0.15, -0.1) is 0 Å². The summed E-state index contributed by atoms with van der Waals surface area (Å²) in [5, 5.41) is 4.10. The molecule has 22 heavy (non-hydrogen) atoms. The van der Waals surface area contributed by atoms with Crippen LogP contribution in [-0.2, 0) is 11.8 Å². The van der Waals surface area contributed by atoms with Gasteiger partial charge in [-0.2, -0.15) is 5.10 Å². The second-order valence-electron chi connectivity index (χ2n) is 6.92. The zero-order valence-electron chi connectivity index (χ0n) is 12.9. The topological polar surface area (TPSA) is 58.4 Å². The number of nitrogens with zero attached hydrogens (tertiary/aromatic N) is 4. The number of aryl methyl sites for hydroxylation is 1. The average Bonchev–Trinajstić information content (AvgIpc) is 2.93. The second kappa shape index (κ2) is 5.11. The number of likely N-dealkylation sites (tertiary alicyclic amines) is 1. The second-order valence-corrected chi connectivity index (χ2v) is 6.92. The first-order valence-corrected chi connectivity index (χ1v) is 8.20. The van der Waals surface area contributed by atoms with Gasteiger partial charge in [0.1, 0.15) is 5.69 Å². The Balaban J connectivity index is 1.54. The predicted molar refractivity (Wildman–Crippen MR) is 80.1 cm³/mol. The van der Waals surface area contributed by atoms with E-state index in [9.17, 15) is 9.59 Å². The Labute approximate surface area is 130 Å². The lowest BCUT2D eigenvalue weighted by Crippen LogP contribution is -2.61. The number of aromatic nitrogens is 2. The van der Waals surface area contributed by atoms with Gasteiger partial charge in [0.15, 0.2) is 0 Å². The van der Waals surface area contributed by atoms with Gasteiger partial charge >= 0.3 is 0 Å². The number of hydrogen-bond acceptors (Lipinski definition) is 3. The summed E-state index contributed by atoms with van der Waals surface area (Å²) in [6.07, 6.45) is 5.62. The summed E-state index contributed by atoms with van der Waals surface area (Å²) < 4.78 is 1.64. The molecule has 2 unspecified atom stereocenters. The smallest absolute Gasteiger partial charge is 0.272 e. The van der Waals surface area contributed by atoms with E-state index < -0.39 is 0 Å². The summed E-state index contributed by atoms with van der Waals surface area (Å²) in [7, 11) is 1.81. The van der Waals surface area contributed by atoms with Crippen molar-refractivity contribution in [1.29, 1.82) is 0 Å². The molecule has 118 valence electrons. The molecule has 0 saturated carbocycles. The number of piperidine rings is 3. The Hall–Kier alpha value is -1.85. The summed E-state index contributed by atoms with van der Waals surface area (Å²) in [6.45, 7) is 2.36. The molecule has 3 aliphatic heterocycles. The van der Waals surface area contributed by atoms with E-state index in [-0.39, 0.29) is 5.91 Å². The van der Waals surface area contributed by atoms with Gasteiger partial charge in [-0.1, -0.05) is 0 Å². The van der Waals surface area contributed by atoms with Crippen LogP contribution in [0.3, 0.4) is 0 Å². The maximum Gasteiger partial charge on any atom is 0.272 e. The van der Waals surface area contributed by atoms with Crippen LogP contribution in [-0.4, -0.2) is 57.1 Å². The van der Waals surface area contributed by atoms with E-state index in [0.717, 1.165) is 38.9 Å². The van der Waals surface area contributed by atoms with Gasteiger partial charge in [0.05, 0.1) is 0 Å². The van der Waals surface area contributed by atoms with Crippen LogP contribution in [0, 0.1) is 11.8 Å². The monoisotopic (exact) mass is 302 g/mol. The van der Waals surface area contributed by atoms with Crippen molar-refractivity contribution in [3.05, 3.63) is 18.0 Å². The first kappa shape index (κ1) is 13.8. The Morgan fingerprint density at radius 2 is 2.18 bits per heavy atom. The van der Waals surface area contributed by atoms with Crippen molar-refractivity contribution in [2.75, 3.05) is 19.6 Å². The highest BCUT2D eigenvalue weighted by atomic mass is 16.2. The molecule has 0 N–H and O–H groups in total. The van der Waals surface area contributed by atoms with Crippen molar-refractivity contribution in [1.82, 2.24) is 19.6 Å². The molecule has 2 bridgehead atoms. The number of amides is 2. The Morgan fingerprint density at radius 1 is 1.32 bits per heavy atom. The summed E-state index contributed by atoms with van der Waals surface area (Å²) in [4.78, 5) is 28.9. The molecular formula is C16H22N4O2. The van der Waals surface area contributed by atoms with Crippen molar-refractivity contribution < 1.29 is 9.59 Å². The first-order valence-electron chi connectivity index (χ1n) is 8.20. The zero-order valence-corrected chi connectivity index (χ0v) is 12.9. The number of fused-ring (bicyclic) bond motifs is 4. The largest absolute Gasteiger partial charge is 0.339 e. The molecule has 6 heteroatoms. The fraction of sp³-hybridized carbons (Fsp3) is 0.688. The standard InChI is InChI=1S/C16H22N4O2/c1-18-14(5-6-17-18)16(22)19-8-11-7-12(10-19)13-3-2-4-15(21)20(13)9-11/h5-6,11-13H,2-4,7-10H2,1H3/t11?,12?,13-/m1/s1. The first-order chi connectivity index (χ1) is 10.6. The molecule has 3 atom stereocenters.